The highest BCUT2D eigenvalue weighted by atomic mass is 19.2. The van der Waals surface area contributed by atoms with E-state index < -0.39 is 17.5 Å². The van der Waals surface area contributed by atoms with Gasteiger partial charge in [0.05, 0.1) is 0 Å². The number of hydrogen-bond acceptors (Lipinski definition) is 0. The van der Waals surface area contributed by atoms with Crippen molar-refractivity contribution in [1.29, 1.82) is 0 Å². The second kappa shape index (κ2) is 3.58. The van der Waals surface area contributed by atoms with Crippen LogP contribution in [0.25, 0.3) is 5.32 Å². The van der Waals surface area contributed by atoms with Gasteiger partial charge >= 0.3 is 0 Å². The molecule has 1 rings (SSSR count). The maximum absolute atomic E-state index is 12.8. The van der Waals surface area contributed by atoms with Crippen LogP contribution in [0.15, 0.2) is 12.1 Å². The zero-order valence-corrected chi connectivity index (χ0v) is 6.44. The Hall–Kier alpha value is -1.03. The Labute approximate surface area is 68.2 Å². The molecular weight excluding hydrogens is 167 g/mol. The van der Waals surface area contributed by atoms with Crippen molar-refractivity contribution in [2.24, 2.45) is 0 Å². The lowest BCUT2D eigenvalue weighted by molar-refractivity contribution is 0.482. The van der Waals surface area contributed by atoms with Crippen LogP contribution in [0.4, 0.5) is 13.2 Å². The summed E-state index contributed by atoms with van der Waals surface area (Å²) in [4.78, 5) is 0. The van der Waals surface area contributed by atoms with Crippen LogP contribution in [-0.2, 0) is 6.54 Å². The van der Waals surface area contributed by atoms with Gasteiger partial charge in [-0.3, -0.25) is 0 Å². The first-order valence-corrected chi connectivity index (χ1v) is 3.34. The Morgan fingerprint density at radius 2 is 1.75 bits per heavy atom. The maximum Gasteiger partial charge on any atom is 0.163 e. The quantitative estimate of drug-likeness (QED) is 0.612. The molecule has 0 bridgehead atoms. The largest absolute Gasteiger partial charge is 0.661 e. The van der Waals surface area contributed by atoms with Gasteiger partial charge in [0.15, 0.2) is 11.6 Å². The number of nitrogens with zero attached hydrogens (tertiary/aromatic N) is 1. The minimum absolute atomic E-state index is 0.143. The van der Waals surface area contributed by atoms with Gasteiger partial charge in [-0.1, -0.05) is 0 Å². The lowest BCUT2D eigenvalue weighted by atomic mass is 10.2. The molecule has 1 aromatic carbocycles. The summed E-state index contributed by atoms with van der Waals surface area (Å²) < 4.78 is 38.0. The normalized spacial score (nSPS) is 10.3. The lowest BCUT2D eigenvalue weighted by Gasteiger charge is -2.12. The molecule has 12 heavy (non-hydrogen) atoms. The van der Waals surface area contributed by atoms with Crippen LogP contribution in [0.3, 0.4) is 0 Å². The van der Waals surface area contributed by atoms with Gasteiger partial charge in [-0.25, -0.2) is 13.2 Å². The molecule has 0 aromatic heterocycles. The van der Waals surface area contributed by atoms with E-state index in [1.165, 1.54) is 7.05 Å². The highest BCUT2D eigenvalue weighted by molar-refractivity contribution is 5.22. The van der Waals surface area contributed by atoms with Gasteiger partial charge in [0.2, 0.25) is 0 Å². The molecule has 0 amide bonds. The van der Waals surface area contributed by atoms with Gasteiger partial charge < -0.3 is 5.32 Å². The third-order valence-electron chi connectivity index (χ3n) is 1.46. The van der Waals surface area contributed by atoms with Gasteiger partial charge in [0.1, 0.15) is 5.82 Å². The first kappa shape index (κ1) is 9.06. The van der Waals surface area contributed by atoms with Crippen molar-refractivity contribution < 1.29 is 13.2 Å². The molecule has 0 saturated carbocycles. The minimum atomic E-state index is -1.15. The van der Waals surface area contributed by atoms with E-state index in [0.29, 0.717) is 0 Å². The Morgan fingerprint density at radius 3 is 2.33 bits per heavy atom. The van der Waals surface area contributed by atoms with Gasteiger partial charge in [0.25, 0.3) is 0 Å². The summed E-state index contributed by atoms with van der Waals surface area (Å²) in [5, 5.41) is 3.52. The molecule has 0 saturated heterocycles. The van der Waals surface area contributed by atoms with Crippen LogP contribution in [0.1, 0.15) is 5.56 Å². The molecule has 0 radical (unpaired) electrons. The van der Waals surface area contributed by atoms with Gasteiger partial charge in [-0.15, -0.1) is 6.54 Å². The molecule has 0 spiro atoms. The van der Waals surface area contributed by atoms with E-state index in [1.54, 1.807) is 0 Å². The molecule has 0 atom stereocenters. The van der Waals surface area contributed by atoms with E-state index in [4.69, 9.17) is 0 Å². The summed E-state index contributed by atoms with van der Waals surface area (Å²) in [7, 11) is 1.41. The highest BCUT2D eigenvalue weighted by Gasteiger charge is 2.09. The predicted molar refractivity (Wildman–Crippen MR) is 39.3 cm³/mol. The van der Waals surface area contributed by atoms with Crippen LogP contribution in [-0.4, -0.2) is 7.05 Å². The molecule has 0 fully saturated rings. The Kier molecular flexibility index (Phi) is 2.70. The van der Waals surface area contributed by atoms with Crippen molar-refractivity contribution in [3.63, 3.8) is 0 Å². The van der Waals surface area contributed by atoms with E-state index in [-0.39, 0.29) is 12.1 Å². The second-order valence-electron chi connectivity index (χ2n) is 2.30. The van der Waals surface area contributed by atoms with Crippen molar-refractivity contribution >= 4 is 0 Å². The van der Waals surface area contributed by atoms with Crippen LogP contribution in [0, 0.1) is 17.5 Å². The summed E-state index contributed by atoms with van der Waals surface area (Å²) in [5.41, 5.74) is -0.322. The average Bonchev–Trinajstić information content (AvgIpc) is 2.06. The molecule has 0 N–H and O–H groups in total. The fourth-order valence-electron chi connectivity index (χ4n) is 0.872. The fourth-order valence-corrected chi connectivity index (χ4v) is 0.872. The maximum atomic E-state index is 12.8. The third kappa shape index (κ3) is 1.58. The lowest BCUT2D eigenvalue weighted by Crippen LogP contribution is -1.97. The zero-order chi connectivity index (χ0) is 9.14. The number of hydrogen-bond donors (Lipinski definition) is 0. The van der Waals surface area contributed by atoms with Crippen LogP contribution >= 0.6 is 0 Å². The summed E-state index contributed by atoms with van der Waals surface area (Å²) in [5.74, 6) is -2.96. The van der Waals surface area contributed by atoms with E-state index >= 15 is 0 Å². The van der Waals surface area contributed by atoms with Gasteiger partial charge in [-0.2, -0.15) is 7.05 Å². The van der Waals surface area contributed by atoms with Crippen LogP contribution < -0.4 is 0 Å². The van der Waals surface area contributed by atoms with Crippen molar-refractivity contribution in [1.82, 2.24) is 0 Å². The molecule has 1 nitrogen and oxygen atoms in total. The smallest absolute Gasteiger partial charge is 0.163 e. The van der Waals surface area contributed by atoms with E-state index in [9.17, 15) is 13.2 Å². The third-order valence-corrected chi connectivity index (χ3v) is 1.46. The molecule has 0 aliphatic heterocycles. The Bertz CT molecular complexity index is 286. The summed E-state index contributed by atoms with van der Waals surface area (Å²) >= 11 is 0. The monoisotopic (exact) mass is 174 g/mol. The van der Waals surface area contributed by atoms with Gasteiger partial charge in [0, 0.05) is 5.56 Å². The SMILES string of the molecule is C[N-]Cc1c(F)ccc(F)c1F. The Balaban J connectivity index is 3.14. The van der Waals surface area contributed by atoms with Crippen molar-refractivity contribution in [3.05, 3.63) is 40.5 Å². The molecule has 4 heteroatoms. The van der Waals surface area contributed by atoms with Crippen LogP contribution in [0.5, 0.6) is 0 Å². The molecule has 0 aliphatic carbocycles. The molecule has 0 heterocycles. The van der Waals surface area contributed by atoms with E-state index in [1.807, 2.05) is 0 Å². The summed E-state index contributed by atoms with van der Waals surface area (Å²) in [6, 6.07) is 1.64. The molecule has 66 valence electrons. The Morgan fingerprint density at radius 1 is 1.17 bits per heavy atom. The topological polar surface area (TPSA) is 14.1 Å². The second-order valence-corrected chi connectivity index (χ2v) is 2.30. The summed E-state index contributed by atoms with van der Waals surface area (Å²) in [6.45, 7) is -0.143. The summed E-state index contributed by atoms with van der Waals surface area (Å²) in [6.07, 6.45) is 0. The fraction of sp³-hybridized carbons (Fsp3) is 0.250. The minimum Gasteiger partial charge on any atom is -0.661 e. The first-order valence-electron chi connectivity index (χ1n) is 3.34. The van der Waals surface area contributed by atoms with Crippen molar-refractivity contribution in [2.45, 2.75) is 6.54 Å². The van der Waals surface area contributed by atoms with Crippen molar-refractivity contribution in [2.75, 3.05) is 7.05 Å². The molecule has 0 aliphatic rings. The number of benzene rings is 1. The predicted octanol–water partition coefficient (Wildman–Crippen LogP) is 2.61. The van der Waals surface area contributed by atoms with E-state index in [2.05, 4.69) is 5.32 Å². The number of halogens is 3. The standard InChI is InChI=1S/C8H7F3N/c1-12-4-5-6(9)2-3-7(10)8(5)11/h2-3H,4H2,1H3/q-1. The first-order chi connectivity index (χ1) is 5.66. The average molecular weight is 174 g/mol. The zero-order valence-electron chi connectivity index (χ0n) is 6.44. The molecule has 0 unspecified atom stereocenters. The highest BCUT2D eigenvalue weighted by Crippen LogP contribution is 2.17. The van der Waals surface area contributed by atoms with Crippen molar-refractivity contribution in [3.8, 4) is 0 Å². The number of rotatable bonds is 2. The molecule has 1 aromatic rings. The van der Waals surface area contributed by atoms with E-state index in [0.717, 1.165) is 12.1 Å². The van der Waals surface area contributed by atoms with Gasteiger partial charge in [-0.05, 0) is 12.1 Å². The van der Waals surface area contributed by atoms with Crippen LogP contribution in [0.2, 0.25) is 0 Å². The molecular formula is C8H7F3N-.